The van der Waals surface area contributed by atoms with Crippen LogP contribution in [0.25, 0.3) is 10.9 Å². The lowest BCUT2D eigenvalue weighted by Gasteiger charge is -2.27. The van der Waals surface area contributed by atoms with Crippen molar-refractivity contribution >= 4 is 10.9 Å². The second-order valence-corrected chi connectivity index (χ2v) is 8.38. The molecule has 10 heteroatoms. The van der Waals surface area contributed by atoms with Crippen LogP contribution in [0.5, 0.6) is 5.75 Å². The topological polar surface area (TPSA) is 69.0 Å². The first kappa shape index (κ1) is 22.0. The Bertz CT molecular complexity index is 1260. The maximum Gasteiger partial charge on any atom is 0.394 e. The molecule has 1 N–H and O–H groups in total. The molecule has 3 atom stereocenters. The van der Waals surface area contributed by atoms with Gasteiger partial charge in [-0.2, -0.15) is 22.3 Å². The van der Waals surface area contributed by atoms with Crippen molar-refractivity contribution in [2.75, 3.05) is 7.11 Å². The lowest BCUT2D eigenvalue weighted by Crippen LogP contribution is -2.32. The van der Waals surface area contributed by atoms with Gasteiger partial charge in [-0.15, -0.1) is 0 Å². The highest BCUT2D eigenvalue weighted by atomic mass is 19.4. The summed E-state index contributed by atoms with van der Waals surface area (Å²) in [5.74, 6) is -4.69. The Hall–Kier alpha value is -3.17. The zero-order valence-electron chi connectivity index (χ0n) is 17.1. The third-order valence-electron chi connectivity index (χ3n) is 6.36. The fourth-order valence-electron chi connectivity index (χ4n) is 4.66. The van der Waals surface area contributed by atoms with E-state index < -0.39 is 52.7 Å². The summed E-state index contributed by atoms with van der Waals surface area (Å²) in [6.07, 6.45) is -3.11. The number of methoxy groups -OCH3 is 1. The van der Waals surface area contributed by atoms with Crippen molar-refractivity contribution in [2.24, 2.45) is 5.41 Å². The van der Waals surface area contributed by atoms with Gasteiger partial charge in [-0.05, 0) is 24.8 Å². The molecule has 0 bridgehead atoms. The average molecular weight is 454 g/mol. The van der Waals surface area contributed by atoms with E-state index in [-0.39, 0.29) is 28.6 Å². The molecule has 1 saturated carbocycles. The molecule has 0 aliphatic heterocycles. The van der Waals surface area contributed by atoms with Gasteiger partial charge in [0.25, 0.3) is 0 Å². The molecule has 1 fully saturated rings. The molecule has 1 aromatic carbocycles. The molecule has 5 nitrogen and oxygen atoms in total. The molecule has 1 aliphatic carbocycles. The third kappa shape index (κ3) is 3.47. The molecule has 0 unspecified atom stereocenters. The number of halogens is 5. The number of nitrogens with one attached hydrogen (secondary N) is 1. The predicted octanol–water partition coefficient (Wildman–Crippen LogP) is 4.68. The fraction of sp³-hybridized carbons (Fsp3) is 0.364. The summed E-state index contributed by atoms with van der Waals surface area (Å²) in [6, 6.07) is 4.59. The van der Waals surface area contributed by atoms with E-state index in [0.29, 0.717) is 4.73 Å². The van der Waals surface area contributed by atoms with Crippen LogP contribution in [0.1, 0.15) is 42.9 Å². The lowest BCUT2D eigenvalue weighted by molar-refractivity contribution is -0.603. The Kier molecular flexibility index (Phi) is 5.14. The van der Waals surface area contributed by atoms with Crippen LogP contribution in [-0.2, 0) is 0 Å². The van der Waals surface area contributed by atoms with Gasteiger partial charge >= 0.3 is 6.18 Å². The van der Waals surface area contributed by atoms with Crippen molar-refractivity contribution in [3.63, 3.8) is 0 Å². The number of aromatic nitrogens is 2. The Labute approximate surface area is 179 Å². The van der Waals surface area contributed by atoms with Crippen LogP contribution in [0, 0.1) is 22.3 Å². The molecule has 2 heterocycles. The molecular formula is C22H19F5N2O3. The van der Waals surface area contributed by atoms with Gasteiger partial charge in [-0.25, -0.2) is 4.39 Å². The van der Waals surface area contributed by atoms with Crippen molar-refractivity contribution < 1.29 is 31.4 Å². The van der Waals surface area contributed by atoms with Gasteiger partial charge in [0.05, 0.1) is 18.0 Å². The number of ether oxygens (including phenoxy) is 1. The van der Waals surface area contributed by atoms with E-state index >= 15 is 0 Å². The number of nitrogens with zero attached hydrogens (tertiary/aromatic N) is 1. The average Bonchev–Trinajstić information content (AvgIpc) is 3.09. The van der Waals surface area contributed by atoms with Crippen LogP contribution in [0.3, 0.4) is 0 Å². The molecule has 0 saturated heterocycles. The van der Waals surface area contributed by atoms with Crippen LogP contribution < -0.4 is 14.9 Å². The molecule has 3 aromatic rings. The quantitative estimate of drug-likeness (QED) is 0.355. The number of fused-ring (bicyclic) bond motifs is 1. The van der Waals surface area contributed by atoms with E-state index in [0.717, 1.165) is 38.6 Å². The first-order valence-corrected chi connectivity index (χ1v) is 9.79. The molecule has 32 heavy (non-hydrogen) atoms. The molecule has 170 valence electrons. The van der Waals surface area contributed by atoms with Gasteiger partial charge < -0.3 is 14.9 Å². The summed E-state index contributed by atoms with van der Waals surface area (Å²) >= 11 is 0. The summed E-state index contributed by atoms with van der Waals surface area (Å²) in [6.45, 7) is 1.08. The second-order valence-electron chi connectivity index (χ2n) is 8.38. The minimum Gasteiger partial charge on any atom is -0.619 e. The smallest absolute Gasteiger partial charge is 0.394 e. The fourth-order valence-corrected chi connectivity index (χ4v) is 4.66. The Morgan fingerprint density at radius 3 is 2.53 bits per heavy atom. The highest BCUT2D eigenvalue weighted by molar-refractivity contribution is 5.76. The Morgan fingerprint density at radius 1 is 1.19 bits per heavy atom. The third-order valence-corrected chi connectivity index (χ3v) is 6.36. The minimum atomic E-state index is -4.56. The summed E-state index contributed by atoms with van der Waals surface area (Å²) in [7, 11) is 1.12. The number of aromatic amines is 1. The lowest BCUT2D eigenvalue weighted by atomic mass is 9.85. The molecule has 4 rings (SSSR count). The van der Waals surface area contributed by atoms with Crippen molar-refractivity contribution in [1.29, 1.82) is 0 Å². The van der Waals surface area contributed by atoms with Crippen LogP contribution in [-0.4, -0.2) is 18.3 Å². The minimum absolute atomic E-state index is 0.0878. The zero-order chi connectivity index (χ0) is 23.4. The molecule has 2 aromatic heterocycles. The number of rotatable bonds is 3. The van der Waals surface area contributed by atoms with Gasteiger partial charge in [-0.1, -0.05) is 13.0 Å². The van der Waals surface area contributed by atoms with E-state index in [4.69, 9.17) is 4.74 Å². The van der Waals surface area contributed by atoms with Crippen LogP contribution in [0.2, 0.25) is 0 Å². The summed E-state index contributed by atoms with van der Waals surface area (Å²) in [5.41, 5.74) is -2.06. The van der Waals surface area contributed by atoms with Crippen LogP contribution in [0.15, 0.2) is 41.5 Å². The summed E-state index contributed by atoms with van der Waals surface area (Å²) in [5, 5.41) is 11.6. The normalized spacial score (nSPS) is 23.6. The standard InChI is InChI=1S/C22H19F5N2O3/c1-21(22(25,26)27)8-12(11-3-4-15(23)19(24)20(11)32-2)13(9-21)17-7-18(30)14-10-29(31)6-5-16(14)28-17/h3-7,10,12-13H,8-9H2,1-2H3,(H,28,30)/t12-,13+,21-/m0/s1. The van der Waals surface area contributed by atoms with Gasteiger partial charge in [0.2, 0.25) is 5.82 Å². The maximum atomic E-state index is 14.4. The summed E-state index contributed by atoms with van der Waals surface area (Å²) in [4.78, 5) is 15.6. The van der Waals surface area contributed by atoms with Gasteiger partial charge in [-0.3, -0.25) is 4.79 Å². The van der Waals surface area contributed by atoms with Gasteiger partial charge in [0, 0.05) is 29.3 Å². The predicted molar refractivity (Wildman–Crippen MR) is 105 cm³/mol. The second kappa shape index (κ2) is 7.46. The van der Waals surface area contributed by atoms with E-state index in [1.54, 1.807) is 0 Å². The molecular weight excluding hydrogens is 435 g/mol. The Morgan fingerprint density at radius 2 is 1.88 bits per heavy atom. The van der Waals surface area contributed by atoms with E-state index in [2.05, 4.69) is 4.98 Å². The van der Waals surface area contributed by atoms with Crippen molar-refractivity contribution in [1.82, 2.24) is 4.98 Å². The van der Waals surface area contributed by atoms with E-state index in [1.807, 2.05) is 0 Å². The van der Waals surface area contributed by atoms with Crippen molar-refractivity contribution in [3.05, 3.63) is 75.0 Å². The Balaban J connectivity index is 1.91. The molecule has 1 aliphatic rings. The summed E-state index contributed by atoms with van der Waals surface area (Å²) < 4.78 is 75.4. The maximum absolute atomic E-state index is 14.4. The largest absolute Gasteiger partial charge is 0.619 e. The number of benzene rings is 1. The van der Waals surface area contributed by atoms with Crippen LogP contribution >= 0.6 is 0 Å². The van der Waals surface area contributed by atoms with E-state index in [1.165, 1.54) is 12.1 Å². The molecule has 0 radical (unpaired) electrons. The van der Waals surface area contributed by atoms with Gasteiger partial charge in [0.15, 0.2) is 29.4 Å². The van der Waals surface area contributed by atoms with Crippen LogP contribution in [0.4, 0.5) is 22.0 Å². The van der Waals surface area contributed by atoms with Gasteiger partial charge in [0.1, 0.15) is 5.39 Å². The number of H-pyrrole nitrogens is 1. The zero-order valence-corrected chi connectivity index (χ0v) is 17.1. The first-order chi connectivity index (χ1) is 14.9. The monoisotopic (exact) mass is 454 g/mol. The first-order valence-electron chi connectivity index (χ1n) is 9.79. The van der Waals surface area contributed by atoms with Crippen molar-refractivity contribution in [2.45, 2.75) is 37.8 Å². The highest BCUT2D eigenvalue weighted by Gasteiger charge is 2.58. The number of hydrogen-bond donors (Lipinski definition) is 1. The SMILES string of the molecule is COc1c([C@@H]2C[C@](C)(C(F)(F)F)C[C@H]2c2cc(=O)c3c[n+]([O-])ccc3[nH]2)ccc(F)c1F. The highest BCUT2D eigenvalue weighted by Crippen LogP contribution is 2.61. The number of pyridine rings is 2. The molecule has 0 spiro atoms. The number of hydrogen-bond acceptors (Lipinski definition) is 3. The number of alkyl halides is 3. The van der Waals surface area contributed by atoms with Crippen molar-refractivity contribution in [3.8, 4) is 5.75 Å². The molecule has 0 amide bonds. The van der Waals surface area contributed by atoms with E-state index in [9.17, 15) is 32.0 Å².